The predicted octanol–water partition coefficient (Wildman–Crippen LogP) is 3.10. The van der Waals surface area contributed by atoms with Crippen molar-refractivity contribution in [3.63, 3.8) is 0 Å². The molecule has 2 amide bonds. The molecular formula is C21H30N2O6. The molecule has 0 aliphatic carbocycles. The quantitative estimate of drug-likeness (QED) is 0.596. The van der Waals surface area contributed by atoms with Crippen LogP contribution < -0.4 is 5.32 Å². The number of esters is 1. The van der Waals surface area contributed by atoms with Gasteiger partial charge in [0.2, 0.25) is 0 Å². The lowest BCUT2D eigenvalue weighted by Crippen LogP contribution is -2.51. The van der Waals surface area contributed by atoms with Gasteiger partial charge in [-0.25, -0.2) is 14.4 Å². The molecule has 1 N–H and O–H groups in total. The Morgan fingerprint density at radius 2 is 1.76 bits per heavy atom. The highest BCUT2D eigenvalue weighted by Crippen LogP contribution is 2.23. The molecule has 1 saturated heterocycles. The van der Waals surface area contributed by atoms with E-state index < -0.39 is 23.7 Å². The zero-order valence-corrected chi connectivity index (χ0v) is 17.5. The van der Waals surface area contributed by atoms with Crippen LogP contribution in [0.1, 0.15) is 39.2 Å². The smallest absolute Gasteiger partial charge is 0.410 e. The molecule has 0 spiro atoms. The largest absolute Gasteiger partial charge is 0.467 e. The van der Waals surface area contributed by atoms with Crippen LogP contribution in [0.5, 0.6) is 0 Å². The van der Waals surface area contributed by atoms with Gasteiger partial charge in [-0.3, -0.25) is 0 Å². The topological polar surface area (TPSA) is 94.2 Å². The summed E-state index contributed by atoms with van der Waals surface area (Å²) in [5.41, 5.74) is 0.287. The molecule has 0 aromatic heterocycles. The van der Waals surface area contributed by atoms with Crippen LogP contribution in [0.2, 0.25) is 0 Å². The summed E-state index contributed by atoms with van der Waals surface area (Å²) >= 11 is 0. The summed E-state index contributed by atoms with van der Waals surface area (Å²) in [6.45, 7) is 6.43. The average Bonchev–Trinajstić information content (AvgIpc) is 2.69. The lowest BCUT2D eigenvalue weighted by atomic mass is 9.89. The number of alkyl carbamates (subject to hydrolysis) is 1. The maximum atomic E-state index is 12.2. The van der Waals surface area contributed by atoms with E-state index in [9.17, 15) is 14.4 Å². The highest BCUT2D eigenvalue weighted by molar-refractivity contribution is 5.81. The molecule has 1 fully saturated rings. The Morgan fingerprint density at radius 1 is 1.14 bits per heavy atom. The van der Waals surface area contributed by atoms with Crippen LogP contribution in [0.15, 0.2) is 30.3 Å². The summed E-state index contributed by atoms with van der Waals surface area (Å²) in [7, 11) is 1.28. The molecule has 1 atom stereocenters. The molecule has 160 valence electrons. The third kappa shape index (κ3) is 7.29. The Morgan fingerprint density at radius 3 is 2.31 bits per heavy atom. The number of nitrogens with one attached hydrogen (secondary N) is 1. The van der Waals surface area contributed by atoms with E-state index in [4.69, 9.17) is 14.2 Å². The molecule has 1 heterocycles. The van der Waals surface area contributed by atoms with Gasteiger partial charge in [-0.2, -0.15) is 0 Å². The van der Waals surface area contributed by atoms with E-state index in [1.165, 1.54) is 7.11 Å². The van der Waals surface area contributed by atoms with Crippen LogP contribution >= 0.6 is 0 Å². The van der Waals surface area contributed by atoms with Crippen LogP contribution in [0, 0.1) is 5.92 Å². The monoisotopic (exact) mass is 406 g/mol. The van der Waals surface area contributed by atoms with Crippen molar-refractivity contribution in [1.29, 1.82) is 0 Å². The minimum Gasteiger partial charge on any atom is -0.467 e. The number of amides is 2. The number of piperidine rings is 1. The first-order valence-corrected chi connectivity index (χ1v) is 9.72. The number of carbonyl (C=O) groups is 3. The van der Waals surface area contributed by atoms with Crippen molar-refractivity contribution in [2.24, 2.45) is 5.92 Å². The molecule has 1 unspecified atom stereocenters. The summed E-state index contributed by atoms with van der Waals surface area (Å²) in [6.07, 6.45) is 0.0234. The van der Waals surface area contributed by atoms with E-state index in [2.05, 4.69) is 5.32 Å². The van der Waals surface area contributed by atoms with E-state index in [1.807, 2.05) is 51.1 Å². The number of methoxy groups -OCH3 is 1. The SMILES string of the molecule is COC(=O)C(NC(=O)OCc1ccccc1)C1CCN(C(=O)OC(C)(C)C)CC1. The van der Waals surface area contributed by atoms with Gasteiger partial charge in [-0.1, -0.05) is 30.3 Å². The van der Waals surface area contributed by atoms with Crippen molar-refractivity contribution in [3.8, 4) is 0 Å². The summed E-state index contributed by atoms with van der Waals surface area (Å²) < 4.78 is 15.5. The zero-order chi connectivity index (χ0) is 21.4. The molecule has 0 bridgehead atoms. The van der Waals surface area contributed by atoms with Crippen LogP contribution in [0.25, 0.3) is 0 Å². The lowest BCUT2D eigenvalue weighted by Gasteiger charge is -2.35. The van der Waals surface area contributed by atoms with Crippen molar-refractivity contribution >= 4 is 18.2 Å². The van der Waals surface area contributed by atoms with E-state index in [-0.39, 0.29) is 18.6 Å². The normalized spacial score (nSPS) is 15.9. The van der Waals surface area contributed by atoms with Gasteiger partial charge in [0.05, 0.1) is 7.11 Å². The number of ether oxygens (including phenoxy) is 3. The number of hydrogen-bond acceptors (Lipinski definition) is 6. The molecule has 1 aliphatic rings. The van der Waals surface area contributed by atoms with Crippen LogP contribution in [0.3, 0.4) is 0 Å². The second kappa shape index (κ2) is 10.1. The first-order valence-electron chi connectivity index (χ1n) is 9.72. The van der Waals surface area contributed by atoms with Crippen molar-refractivity contribution in [1.82, 2.24) is 10.2 Å². The predicted molar refractivity (Wildman–Crippen MR) is 106 cm³/mol. The van der Waals surface area contributed by atoms with Crippen molar-refractivity contribution in [2.75, 3.05) is 20.2 Å². The number of hydrogen-bond donors (Lipinski definition) is 1. The molecule has 2 rings (SSSR count). The van der Waals surface area contributed by atoms with E-state index >= 15 is 0 Å². The minimum absolute atomic E-state index is 0.109. The van der Waals surface area contributed by atoms with E-state index in [1.54, 1.807) is 4.90 Å². The van der Waals surface area contributed by atoms with Crippen molar-refractivity contribution in [3.05, 3.63) is 35.9 Å². The third-order valence-electron chi connectivity index (χ3n) is 4.60. The summed E-state index contributed by atoms with van der Waals surface area (Å²) in [6, 6.07) is 8.44. The van der Waals surface area contributed by atoms with Gasteiger partial charge in [-0.05, 0) is 45.1 Å². The first-order chi connectivity index (χ1) is 13.7. The second-order valence-electron chi connectivity index (χ2n) is 8.01. The van der Waals surface area contributed by atoms with Crippen molar-refractivity contribution in [2.45, 2.75) is 51.9 Å². The van der Waals surface area contributed by atoms with Crippen LogP contribution in [-0.4, -0.2) is 54.9 Å². The molecule has 8 heteroatoms. The Bertz CT molecular complexity index is 693. The van der Waals surface area contributed by atoms with Gasteiger partial charge < -0.3 is 24.4 Å². The first kappa shape index (κ1) is 22.5. The third-order valence-corrected chi connectivity index (χ3v) is 4.60. The number of benzene rings is 1. The minimum atomic E-state index is -0.830. The molecule has 0 radical (unpaired) electrons. The fourth-order valence-corrected chi connectivity index (χ4v) is 3.13. The number of likely N-dealkylation sites (tertiary alicyclic amines) is 1. The summed E-state index contributed by atoms with van der Waals surface area (Å²) in [4.78, 5) is 38.2. The Hall–Kier alpha value is -2.77. The van der Waals surface area contributed by atoms with Gasteiger partial charge in [0, 0.05) is 13.1 Å². The van der Waals surface area contributed by atoms with Gasteiger partial charge in [0.25, 0.3) is 0 Å². The maximum absolute atomic E-state index is 12.2. The summed E-state index contributed by atoms with van der Waals surface area (Å²) in [5, 5.41) is 2.62. The number of carbonyl (C=O) groups excluding carboxylic acids is 3. The Balaban J connectivity index is 1.89. The lowest BCUT2D eigenvalue weighted by molar-refractivity contribution is -0.145. The van der Waals surface area contributed by atoms with Gasteiger partial charge in [0.15, 0.2) is 0 Å². The Kier molecular flexibility index (Phi) is 7.87. The van der Waals surface area contributed by atoms with Crippen LogP contribution in [-0.2, 0) is 25.6 Å². The highest BCUT2D eigenvalue weighted by Gasteiger charge is 2.35. The zero-order valence-electron chi connectivity index (χ0n) is 17.5. The molecule has 0 saturated carbocycles. The Labute approximate surface area is 171 Å². The van der Waals surface area contributed by atoms with Crippen molar-refractivity contribution < 1.29 is 28.6 Å². The average molecular weight is 406 g/mol. The van der Waals surface area contributed by atoms with Crippen LogP contribution in [0.4, 0.5) is 9.59 Å². The maximum Gasteiger partial charge on any atom is 0.410 e. The van der Waals surface area contributed by atoms with Gasteiger partial charge in [0.1, 0.15) is 18.2 Å². The number of rotatable bonds is 5. The number of nitrogens with zero attached hydrogens (tertiary/aromatic N) is 1. The van der Waals surface area contributed by atoms with Gasteiger partial charge in [-0.15, -0.1) is 0 Å². The highest BCUT2D eigenvalue weighted by atomic mass is 16.6. The molecular weight excluding hydrogens is 376 g/mol. The molecule has 1 aliphatic heterocycles. The molecule has 1 aromatic carbocycles. The molecule has 1 aromatic rings. The van der Waals surface area contributed by atoms with Gasteiger partial charge >= 0.3 is 18.2 Å². The van der Waals surface area contributed by atoms with E-state index in [0.29, 0.717) is 25.9 Å². The molecule has 29 heavy (non-hydrogen) atoms. The fourth-order valence-electron chi connectivity index (χ4n) is 3.13. The standard InChI is InChI=1S/C21H30N2O6/c1-21(2,3)29-20(26)23-12-10-16(11-13-23)17(18(24)27-4)22-19(25)28-14-15-8-6-5-7-9-15/h5-9,16-17H,10-14H2,1-4H3,(H,22,25). The fraction of sp³-hybridized carbons (Fsp3) is 0.571. The van der Waals surface area contributed by atoms with E-state index in [0.717, 1.165) is 5.56 Å². The summed E-state index contributed by atoms with van der Waals surface area (Å²) in [5.74, 6) is -0.692. The second-order valence-corrected chi connectivity index (χ2v) is 8.01. The molecule has 8 nitrogen and oxygen atoms in total.